The molecular weight excluding hydrogens is 178 g/mol. The third kappa shape index (κ3) is 4.34. The van der Waals surface area contributed by atoms with Crippen molar-refractivity contribution >= 4 is 11.8 Å². The number of hydrogen-bond acceptors (Lipinski definition) is 2. The molecule has 2 N–H and O–H groups in total. The fourth-order valence-corrected chi connectivity index (χ4v) is 2.05. The maximum absolute atomic E-state index is 5.82. The SMILES string of the molecule is CCC(N)CCSc1ccccc1. The Bertz CT molecular complexity index is 223. The van der Waals surface area contributed by atoms with E-state index in [-0.39, 0.29) is 0 Å². The molecule has 0 aliphatic heterocycles. The summed E-state index contributed by atoms with van der Waals surface area (Å²) >= 11 is 1.88. The summed E-state index contributed by atoms with van der Waals surface area (Å²) in [6, 6.07) is 10.8. The van der Waals surface area contributed by atoms with E-state index in [1.807, 2.05) is 17.8 Å². The molecular formula is C11H17NS. The largest absolute Gasteiger partial charge is 0.328 e. The molecule has 0 amide bonds. The minimum Gasteiger partial charge on any atom is -0.328 e. The van der Waals surface area contributed by atoms with Crippen molar-refractivity contribution in [2.45, 2.75) is 30.7 Å². The summed E-state index contributed by atoms with van der Waals surface area (Å²) in [7, 11) is 0. The van der Waals surface area contributed by atoms with Gasteiger partial charge in [0, 0.05) is 10.9 Å². The third-order valence-electron chi connectivity index (χ3n) is 2.02. The maximum atomic E-state index is 5.82. The van der Waals surface area contributed by atoms with E-state index >= 15 is 0 Å². The van der Waals surface area contributed by atoms with Gasteiger partial charge in [0.2, 0.25) is 0 Å². The van der Waals surface area contributed by atoms with Gasteiger partial charge in [-0.1, -0.05) is 25.1 Å². The molecule has 0 bridgehead atoms. The van der Waals surface area contributed by atoms with Gasteiger partial charge in [-0.05, 0) is 30.7 Å². The van der Waals surface area contributed by atoms with Gasteiger partial charge in [0.05, 0.1) is 0 Å². The first-order valence-corrected chi connectivity index (χ1v) is 5.75. The van der Waals surface area contributed by atoms with Gasteiger partial charge in [0.25, 0.3) is 0 Å². The Morgan fingerprint density at radius 2 is 2.00 bits per heavy atom. The van der Waals surface area contributed by atoms with Crippen molar-refractivity contribution in [3.8, 4) is 0 Å². The van der Waals surface area contributed by atoms with Gasteiger partial charge in [-0.2, -0.15) is 0 Å². The van der Waals surface area contributed by atoms with Crippen LogP contribution in [0.25, 0.3) is 0 Å². The number of hydrogen-bond donors (Lipinski definition) is 1. The van der Waals surface area contributed by atoms with Crippen LogP contribution >= 0.6 is 11.8 Å². The van der Waals surface area contributed by atoms with Crippen LogP contribution in [0.15, 0.2) is 35.2 Å². The van der Waals surface area contributed by atoms with E-state index in [1.54, 1.807) is 0 Å². The predicted octanol–water partition coefficient (Wildman–Crippen LogP) is 2.91. The molecule has 0 radical (unpaired) electrons. The lowest BCUT2D eigenvalue weighted by molar-refractivity contribution is 0.634. The molecule has 0 aliphatic carbocycles. The second-order valence-corrected chi connectivity index (χ2v) is 4.29. The van der Waals surface area contributed by atoms with E-state index in [2.05, 4.69) is 31.2 Å². The first-order valence-electron chi connectivity index (χ1n) is 4.76. The Labute approximate surface area is 84.7 Å². The highest BCUT2D eigenvalue weighted by Crippen LogP contribution is 2.18. The third-order valence-corrected chi connectivity index (χ3v) is 3.07. The second-order valence-electron chi connectivity index (χ2n) is 3.12. The lowest BCUT2D eigenvalue weighted by atomic mass is 10.2. The van der Waals surface area contributed by atoms with E-state index in [4.69, 9.17) is 5.73 Å². The fourth-order valence-electron chi connectivity index (χ4n) is 1.05. The first kappa shape index (κ1) is 10.6. The lowest BCUT2D eigenvalue weighted by Gasteiger charge is -2.07. The van der Waals surface area contributed by atoms with Crippen molar-refractivity contribution < 1.29 is 0 Å². The highest BCUT2D eigenvalue weighted by Gasteiger charge is 1.98. The van der Waals surface area contributed by atoms with Crippen LogP contribution in [0, 0.1) is 0 Å². The number of thioether (sulfide) groups is 1. The molecule has 0 aromatic heterocycles. The predicted molar refractivity (Wildman–Crippen MR) is 60.0 cm³/mol. The summed E-state index contributed by atoms with van der Waals surface area (Å²) in [5, 5.41) is 0. The van der Waals surface area contributed by atoms with Crippen LogP contribution in [0.1, 0.15) is 19.8 Å². The van der Waals surface area contributed by atoms with E-state index < -0.39 is 0 Å². The number of benzene rings is 1. The van der Waals surface area contributed by atoms with Gasteiger partial charge in [0.15, 0.2) is 0 Å². The first-order chi connectivity index (χ1) is 6.33. The molecule has 0 aliphatic rings. The van der Waals surface area contributed by atoms with Crippen LogP contribution in [0.3, 0.4) is 0 Å². The molecule has 1 nitrogen and oxygen atoms in total. The van der Waals surface area contributed by atoms with Crippen LogP contribution in [0.4, 0.5) is 0 Å². The zero-order valence-corrected chi connectivity index (χ0v) is 8.89. The van der Waals surface area contributed by atoms with Crippen LogP contribution < -0.4 is 5.73 Å². The quantitative estimate of drug-likeness (QED) is 0.731. The average Bonchev–Trinajstić information content (AvgIpc) is 2.19. The maximum Gasteiger partial charge on any atom is 0.00719 e. The zero-order chi connectivity index (χ0) is 9.52. The molecule has 1 aromatic carbocycles. The molecule has 0 saturated carbocycles. The van der Waals surface area contributed by atoms with Crippen LogP contribution in [0.5, 0.6) is 0 Å². The Balaban J connectivity index is 2.20. The average molecular weight is 195 g/mol. The Hall–Kier alpha value is -0.470. The molecule has 13 heavy (non-hydrogen) atoms. The summed E-state index contributed by atoms with van der Waals surface area (Å²) < 4.78 is 0. The van der Waals surface area contributed by atoms with Crippen LogP contribution in [0.2, 0.25) is 0 Å². The standard InChI is InChI=1S/C11H17NS/c1-2-10(12)8-9-13-11-6-4-3-5-7-11/h3-7,10H,2,8-9,12H2,1H3. The Kier molecular flexibility index (Phi) is 4.94. The van der Waals surface area contributed by atoms with Gasteiger partial charge >= 0.3 is 0 Å². The van der Waals surface area contributed by atoms with E-state index in [9.17, 15) is 0 Å². The minimum atomic E-state index is 0.371. The molecule has 0 saturated heterocycles. The normalized spacial score (nSPS) is 12.8. The van der Waals surface area contributed by atoms with Gasteiger partial charge in [-0.25, -0.2) is 0 Å². The molecule has 72 valence electrons. The van der Waals surface area contributed by atoms with E-state index in [0.29, 0.717) is 6.04 Å². The van der Waals surface area contributed by atoms with Crippen LogP contribution in [-0.4, -0.2) is 11.8 Å². The summed E-state index contributed by atoms with van der Waals surface area (Å²) in [6.45, 7) is 2.14. The van der Waals surface area contributed by atoms with Crippen molar-refractivity contribution in [1.29, 1.82) is 0 Å². The fraction of sp³-hybridized carbons (Fsp3) is 0.455. The molecule has 0 fully saturated rings. The number of rotatable bonds is 5. The topological polar surface area (TPSA) is 26.0 Å². The Morgan fingerprint density at radius 3 is 2.62 bits per heavy atom. The molecule has 0 heterocycles. The van der Waals surface area contributed by atoms with Gasteiger partial charge in [-0.15, -0.1) is 11.8 Å². The molecule has 0 spiro atoms. The smallest absolute Gasteiger partial charge is 0.00719 e. The summed E-state index contributed by atoms with van der Waals surface area (Å²) in [4.78, 5) is 1.34. The van der Waals surface area contributed by atoms with Crippen molar-refractivity contribution in [2.24, 2.45) is 5.73 Å². The Morgan fingerprint density at radius 1 is 1.31 bits per heavy atom. The molecule has 1 aromatic rings. The molecule has 1 rings (SSSR count). The van der Waals surface area contributed by atoms with Crippen molar-refractivity contribution in [3.05, 3.63) is 30.3 Å². The van der Waals surface area contributed by atoms with Crippen LogP contribution in [-0.2, 0) is 0 Å². The minimum absolute atomic E-state index is 0.371. The zero-order valence-electron chi connectivity index (χ0n) is 8.07. The number of nitrogens with two attached hydrogens (primary N) is 1. The summed E-state index contributed by atoms with van der Waals surface area (Å²) in [6.07, 6.45) is 2.19. The van der Waals surface area contributed by atoms with Gasteiger partial charge in [-0.3, -0.25) is 0 Å². The monoisotopic (exact) mass is 195 g/mol. The second kappa shape index (κ2) is 6.06. The van der Waals surface area contributed by atoms with E-state index in [1.165, 1.54) is 4.90 Å². The molecule has 2 heteroatoms. The van der Waals surface area contributed by atoms with Crippen molar-refractivity contribution in [2.75, 3.05) is 5.75 Å². The summed E-state index contributed by atoms with van der Waals surface area (Å²) in [5.41, 5.74) is 5.82. The lowest BCUT2D eigenvalue weighted by Crippen LogP contribution is -2.18. The molecule has 1 unspecified atom stereocenters. The summed E-state index contributed by atoms with van der Waals surface area (Å²) in [5.74, 6) is 1.12. The van der Waals surface area contributed by atoms with Gasteiger partial charge < -0.3 is 5.73 Å². The highest BCUT2D eigenvalue weighted by atomic mass is 32.2. The van der Waals surface area contributed by atoms with Crippen molar-refractivity contribution in [1.82, 2.24) is 0 Å². The van der Waals surface area contributed by atoms with E-state index in [0.717, 1.165) is 18.6 Å². The van der Waals surface area contributed by atoms with Crippen molar-refractivity contribution in [3.63, 3.8) is 0 Å². The van der Waals surface area contributed by atoms with Gasteiger partial charge in [0.1, 0.15) is 0 Å². The highest BCUT2D eigenvalue weighted by molar-refractivity contribution is 7.99. The molecule has 1 atom stereocenters.